The van der Waals surface area contributed by atoms with Gasteiger partial charge in [-0.05, 0) is 60.2 Å². The Bertz CT molecular complexity index is 1010. The van der Waals surface area contributed by atoms with Crippen molar-refractivity contribution in [3.63, 3.8) is 0 Å². The summed E-state index contributed by atoms with van der Waals surface area (Å²) in [6.45, 7) is 0.222. The third-order valence-electron chi connectivity index (χ3n) is 4.34. The number of benzene rings is 2. The van der Waals surface area contributed by atoms with Gasteiger partial charge in [-0.25, -0.2) is 4.39 Å². The molecule has 0 atom stereocenters. The van der Waals surface area contributed by atoms with Gasteiger partial charge in [-0.1, -0.05) is 0 Å². The Morgan fingerprint density at radius 2 is 1.67 bits per heavy atom. The van der Waals surface area contributed by atoms with Crippen LogP contribution in [-0.4, -0.2) is 27.2 Å². The fraction of sp³-hybridized carbons (Fsp3) is 0.174. The zero-order valence-corrected chi connectivity index (χ0v) is 16.9. The molecule has 1 heterocycles. The number of methoxy groups -OCH3 is 3. The van der Waals surface area contributed by atoms with Gasteiger partial charge in [0.05, 0.1) is 27.9 Å². The minimum absolute atomic E-state index is 0.222. The SMILES string of the molecule is COc1cc(C=CC(=O)NCc2ccc(-c3ccc(F)cc3)o2)cc(OC)c1OC. The topological polar surface area (TPSA) is 69.9 Å². The van der Waals surface area contributed by atoms with Crippen molar-refractivity contribution in [2.45, 2.75) is 6.54 Å². The van der Waals surface area contributed by atoms with Crippen LogP contribution in [-0.2, 0) is 11.3 Å². The van der Waals surface area contributed by atoms with Gasteiger partial charge in [0.1, 0.15) is 17.3 Å². The minimum Gasteiger partial charge on any atom is -0.493 e. The summed E-state index contributed by atoms with van der Waals surface area (Å²) in [6, 6.07) is 13.0. The number of nitrogens with one attached hydrogen (secondary N) is 1. The molecule has 7 heteroatoms. The third-order valence-corrected chi connectivity index (χ3v) is 4.34. The van der Waals surface area contributed by atoms with E-state index in [0.717, 1.165) is 11.1 Å². The highest BCUT2D eigenvalue weighted by atomic mass is 19.1. The first-order valence-electron chi connectivity index (χ1n) is 9.14. The van der Waals surface area contributed by atoms with E-state index in [-0.39, 0.29) is 18.3 Å². The molecule has 0 aliphatic carbocycles. The number of carbonyl (C=O) groups is 1. The van der Waals surface area contributed by atoms with E-state index in [4.69, 9.17) is 18.6 Å². The van der Waals surface area contributed by atoms with Gasteiger partial charge in [-0.15, -0.1) is 0 Å². The van der Waals surface area contributed by atoms with Crippen molar-refractivity contribution in [3.05, 3.63) is 71.7 Å². The fourth-order valence-corrected chi connectivity index (χ4v) is 2.84. The van der Waals surface area contributed by atoms with Gasteiger partial charge in [-0.2, -0.15) is 0 Å². The zero-order valence-electron chi connectivity index (χ0n) is 16.9. The van der Waals surface area contributed by atoms with Crippen LogP contribution in [0.1, 0.15) is 11.3 Å². The van der Waals surface area contributed by atoms with E-state index in [2.05, 4.69) is 5.32 Å². The Morgan fingerprint density at radius 3 is 2.27 bits per heavy atom. The molecule has 1 amide bonds. The second kappa shape index (κ2) is 9.65. The summed E-state index contributed by atoms with van der Waals surface area (Å²) in [4.78, 5) is 12.2. The van der Waals surface area contributed by atoms with Crippen molar-refractivity contribution in [3.8, 4) is 28.6 Å². The van der Waals surface area contributed by atoms with Crippen LogP contribution in [0.2, 0.25) is 0 Å². The monoisotopic (exact) mass is 411 g/mol. The molecular formula is C23H22FNO5. The van der Waals surface area contributed by atoms with Crippen molar-refractivity contribution >= 4 is 12.0 Å². The highest BCUT2D eigenvalue weighted by Crippen LogP contribution is 2.38. The lowest BCUT2D eigenvalue weighted by Crippen LogP contribution is -2.19. The Hall–Kier alpha value is -3.74. The number of amides is 1. The fourth-order valence-electron chi connectivity index (χ4n) is 2.84. The molecule has 0 aliphatic heterocycles. The van der Waals surface area contributed by atoms with E-state index in [1.54, 1.807) is 42.5 Å². The molecule has 0 fully saturated rings. The molecule has 3 rings (SSSR count). The largest absolute Gasteiger partial charge is 0.493 e. The molecule has 156 valence electrons. The molecule has 0 saturated heterocycles. The molecule has 1 N–H and O–H groups in total. The van der Waals surface area contributed by atoms with Crippen LogP contribution < -0.4 is 19.5 Å². The van der Waals surface area contributed by atoms with E-state index < -0.39 is 0 Å². The van der Waals surface area contributed by atoms with Crippen LogP contribution in [0, 0.1) is 5.82 Å². The molecule has 6 nitrogen and oxygen atoms in total. The zero-order chi connectivity index (χ0) is 21.5. The van der Waals surface area contributed by atoms with Crippen LogP contribution in [0.5, 0.6) is 17.2 Å². The molecule has 1 aromatic heterocycles. The number of hydrogen-bond donors (Lipinski definition) is 1. The number of ether oxygens (including phenoxy) is 3. The molecule has 0 saturated carbocycles. The second-order valence-corrected chi connectivity index (χ2v) is 6.28. The van der Waals surface area contributed by atoms with Gasteiger partial charge in [0.2, 0.25) is 11.7 Å². The average Bonchev–Trinajstić information content (AvgIpc) is 3.24. The summed E-state index contributed by atoms with van der Waals surface area (Å²) in [5.74, 6) is 2.08. The first kappa shape index (κ1) is 21.0. The van der Waals surface area contributed by atoms with Gasteiger partial charge in [0.15, 0.2) is 11.5 Å². The van der Waals surface area contributed by atoms with Crippen molar-refractivity contribution in [2.75, 3.05) is 21.3 Å². The average molecular weight is 411 g/mol. The molecule has 30 heavy (non-hydrogen) atoms. The van der Waals surface area contributed by atoms with Crippen molar-refractivity contribution < 1.29 is 27.8 Å². The maximum Gasteiger partial charge on any atom is 0.244 e. The predicted octanol–water partition coefficient (Wildman–Crippen LogP) is 4.44. The molecular weight excluding hydrogens is 389 g/mol. The molecule has 0 aliphatic rings. The normalized spacial score (nSPS) is 10.8. The first-order valence-corrected chi connectivity index (χ1v) is 9.14. The molecule has 2 aromatic carbocycles. The van der Waals surface area contributed by atoms with Gasteiger partial charge < -0.3 is 23.9 Å². The number of hydrogen-bond acceptors (Lipinski definition) is 5. The van der Waals surface area contributed by atoms with Gasteiger partial charge >= 0.3 is 0 Å². The molecule has 0 spiro atoms. The standard InChI is InChI=1S/C23H22FNO5/c1-27-20-12-15(13-21(28-2)23(20)29-3)4-11-22(26)25-14-18-9-10-19(30-18)16-5-7-17(24)8-6-16/h4-13H,14H2,1-3H3,(H,25,26). The van der Waals surface area contributed by atoms with Crippen LogP contribution >= 0.6 is 0 Å². The molecule has 0 unspecified atom stereocenters. The maximum absolute atomic E-state index is 13.0. The molecule has 0 radical (unpaired) electrons. The highest BCUT2D eigenvalue weighted by molar-refractivity contribution is 5.91. The van der Waals surface area contributed by atoms with Crippen molar-refractivity contribution in [1.29, 1.82) is 0 Å². The number of carbonyl (C=O) groups excluding carboxylic acids is 1. The lowest BCUT2D eigenvalue weighted by Gasteiger charge is -2.12. The van der Waals surface area contributed by atoms with Gasteiger partial charge in [0, 0.05) is 11.6 Å². The second-order valence-electron chi connectivity index (χ2n) is 6.28. The minimum atomic E-state index is -0.309. The number of halogens is 1. The van der Waals surface area contributed by atoms with E-state index in [9.17, 15) is 9.18 Å². The highest BCUT2D eigenvalue weighted by Gasteiger charge is 2.12. The summed E-state index contributed by atoms with van der Waals surface area (Å²) >= 11 is 0. The summed E-state index contributed by atoms with van der Waals surface area (Å²) < 4.78 is 34.6. The smallest absolute Gasteiger partial charge is 0.244 e. The Balaban J connectivity index is 1.62. The summed E-state index contributed by atoms with van der Waals surface area (Å²) in [7, 11) is 4.58. The van der Waals surface area contributed by atoms with Crippen LogP contribution in [0.3, 0.4) is 0 Å². The van der Waals surface area contributed by atoms with Crippen LogP contribution in [0.25, 0.3) is 17.4 Å². The van der Waals surface area contributed by atoms with Crippen molar-refractivity contribution in [1.82, 2.24) is 5.32 Å². The van der Waals surface area contributed by atoms with E-state index in [1.807, 2.05) is 0 Å². The lowest BCUT2D eigenvalue weighted by molar-refractivity contribution is -0.116. The van der Waals surface area contributed by atoms with Crippen molar-refractivity contribution in [2.24, 2.45) is 0 Å². The summed E-state index contributed by atoms with van der Waals surface area (Å²) in [5, 5.41) is 2.76. The third kappa shape index (κ3) is 5.00. The van der Waals surface area contributed by atoms with E-state index in [1.165, 1.54) is 39.5 Å². The Labute approximate surface area is 173 Å². The van der Waals surface area contributed by atoms with Gasteiger partial charge in [-0.3, -0.25) is 4.79 Å². The molecule has 0 bridgehead atoms. The Morgan fingerprint density at radius 1 is 1.00 bits per heavy atom. The van der Waals surface area contributed by atoms with E-state index >= 15 is 0 Å². The first-order chi connectivity index (χ1) is 14.5. The lowest BCUT2D eigenvalue weighted by atomic mass is 10.1. The summed E-state index contributed by atoms with van der Waals surface area (Å²) in [5.41, 5.74) is 1.48. The molecule has 3 aromatic rings. The van der Waals surface area contributed by atoms with Crippen LogP contribution in [0.15, 0.2) is 59.0 Å². The van der Waals surface area contributed by atoms with Gasteiger partial charge in [0.25, 0.3) is 0 Å². The van der Waals surface area contributed by atoms with Crippen LogP contribution in [0.4, 0.5) is 4.39 Å². The number of rotatable bonds is 8. The quantitative estimate of drug-likeness (QED) is 0.555. The maximum atomic E-state index is 13.0. The predicted molar refractivity (Wildman–Crippen MR) is 111 cm³/mol. The Kier molecular flexibility index (Phi) is 6.75. The summed E-state index contributed by atoms with van der Waals surface area (Å²) in [6.07, 6.45) is 3.05. The van der Waals surface area contributed by atoms with E-state index in [0.29, 0.717) is 28.8 Å². The number of furan rings is 1.